The third kappa shape index (κ3) is 2.00. The van der Waals surface area contributed by atoms with Gasteiger partial charge in [0.25, 0.3) is 0 Å². The predicted molar refractivity (Wildman–Crippen MR) is 62.1 cm³/mol. The number of benzene rings is 1. The van der Waals surface area contributed by atoms with Gasteiger partial charge in [-0.3, -0.25) is 0 Å². The summed E-state index contributed by atoms with van der Waals surface area (Å²) in [5.74, 6) is 1.27. The summed E-state index contributed by atoms with van der Waals surface area (Å²) in [6.45, 7) is 1.74. The Kier molecular flexibility index (Phi) is 2.94. The van der Waals surface area contributed by atoms with Crippen LogP contribution in [0, 0.1) is 11.8 Å². The Balaban J connectivity index is 1.67. The fourth-order valence-corrected chi connectivity index (χ4v) is 2.88. The number of fused-ring (bicyclic) bond motifs is 1. The molecule has 0 bridgehead atoms. The molecule has 1 aromatic rings. The van der Waals surface area contributed by atoms with Crippen LogP contribution in [-0.4, -0.2) is 19.5 Å². The zero-order chi connectivity index (χ0) is 10.8. The Morgan fingerprint density at radius 2 is 2.00 bits per heavy atom. The summed E-state index contributed by atoms with van der Waals surface area (Å²) < 4.78 is 11.4. The molecule has 0 amide bonds. The van der Waals surface area contributed by atoms with Gasteiger partial charge in [0.1, 0.15) is 0 Å². The summed E-state index contributed by atoms with van der Waals surface area (Å²) in [4.78, 5) is 0. The van der Waals surface area contributed by atoms with Crippen molar-refractivity contribution >= 4 is 0 Å². The lowest BCUT2D eigenvalue weighted by Crippen LogP contribution is -2.29. The highest BCUT2D eigenvalue weighted by molar-refractivity contribution is 5.15. The molecule has 2 fully saturated rings. The molecule has 2 aliphatic heterocycles. The van der Waals surface area contributed by atoms with Gasteiger partial charge in [0, 0.05) is 12.5 Å². The highest BCUT2D eigenvalue weighted by Crippen LogP contribution is 2.36. The highest BCUT2D eigenvalue weighted by atomic mass is 16.7. The van der Waals surface area contributed by atoms with Gasteiger partial charge in [-0.25, -0.2) is 0 Å². The van der Waals surface area contributed by atoms with E-state index >= 15 is 0 Å². The summed E-state index contributed by atoms with van der Waals surface area (Å²) >= 11 is 0. The SMILES string of the molecule is c1ccc(C[C@@H]2CO[C@@H]3OCCC[C@H]23)cc1. The second-order valence-corrected chi connectivity index (χ2v) is 4.83. The Bertz CT molecular complexity index is 336. The zero-order valence-corrected chi connectivity index (χ0v) is 9.47. The van der Waals surface area contributed by atoms with Crippen molar-refractivity contribution in [2.75, 3.05) is 13.2 Å². The van der Waals surface area contributed by atoms with Gasteiger partial charge in [0.2, 0.25) is 0 Å². The third-order valence-electron chi connectivity index (χ3n) is 3.73. The van der Waals surface area contributed by atoms with Crippen molar-refractivity contribution in [2.24, 2.45) is 11.8 Å². The molecule has 2 saturated heterocycles. The first-order valence-corrected chi connectivity index (χ1v) is 6.20. The fourth-order valence-electron chi connectivity index (χ4n) is 2.88. The van der Waals surface area contributed by atoms with Crippen molar-refractivity contribution in [2.45, 2.75) is 25.6 Å². The van der Waals surface area contributed by atoms with E-state index in [0.717, 1.165) is 19.6 Å². The maximum absolute atomic E-state index is 5.72. The first kappa shape index (κ1) is 10.3. The molecule has 0 spiro atoms. The van der Waals surface area contributed by atoms with Crippen molar-refractivity contribution < 1.29 is 9.47 Å². The molecule has 16 heavy (non-hydrogen) atoms. The Morgan fingerprint density at radius 1 is 1.12 bits per heavy atom. The molecule has 2 nitrogen and oxygen atoms in total. The van der Waals surface area contributed by atoms with E-state index in [2.05, 4.69) is 30.3 Å². The van der Waals surface area contributed by atoms with Gasteiger partial charge >= 0.3 is 0 Å². The van der Waals surface area contributed by atoms with Crippen molar-refractivity contribution in [1.82, 2.24) is 0 Å². The van der Waals surface area contributed by atoms with Crippen LogP contribution in [0.5, 0.6) is 0 Å². The van der Waals surface area contributed by atoms with Gasteiger partial charge in [-0.2, -0.15) is 0 Å². The summed E-state index contributed by atoms with van der Waals surface area (Å²) in [6.07, 6.45) is 3.67. The van der Waals surface area contributed by atoms with E-state index in [1.165, 1.54) is 18.4 Å². The number of hydrogen-bond acceptors (Lipinski definition) is 2. The van der Waals surface area contributed by atoms with Gasteiger partial charge in [-0.1, -0.05) is 30.3 Å². The van der Waals surface area contributed by atoms with Crippen LogP contribution in [0.2, 0.25) is 0 Å². The first-order chi connectivity index (χ1) is 7.93. The molecule has 0 radical (unpaired) electrons. The molecule has 0 N–H and O–H groups in total. The molecule has 0 aromatic heterocycles. The van der Waals surface area contributed by atoms with E-state index < -0.39 is 0 Å². The van der Waals surface area contributed by atoms with Crippen LogP contribution in [0.4, 0.5) is 0 Å². The lowest BCUT2D eigenvalue weighted by molar-refractivity contribution is -0.151. The number of hydrogen-bond donors (Lipinski definition) is 0. The molecule has 0 unspecified atom stereocenters. The molecule has 2 heterocycles. The predicted octanol–water partition coefficient (Wildman–Crippen LogP) is 2.63. The Labute approximate surface area is 96.6 Å². The van der Waals surface area contributed by atoms with E-state index in [1.54, 1.807) is 0 Å². The van der Waals surface area contributed by atoms with Crippen molar-refractivity contribution in [3.63, 3.8) is 0 Å². The summed E-state index contributed by atoms with van der Waals surface area (Å²) in [6, 6.07) is 10.7. The van der Waals surface area contributed by atoms with Crippen molar-refractivity contribution in [3.05, 3.63) is 35.9 Å². The smallest absolute Gasteiger partial charge is 0.160 e. The summed E-state index contributed by atoms with van der Waals surface area (Å²) in [7, 11) is 0. The minimum absolute atomic E-state index is 0.0856. The van der Waals surface area contributed by atoms with E-state index in [9.17, 15) is 0 Å². The fraction of sp³-hybridized carbons (Fsp3) is 0.571. The van der Waals surface area contributed by atoms with Crippen molar-refractivity contribution in [3.8, 4) is 0 Å². The molecule has 0 saturated carbocycles. The quantitative estimate of drug-likeness (QED) is 0.759. The van der Waals surface area contributed by atoms with Crippen LogP contribution >= 0.6 is 0 Å². The van der Waals surface area contributed by atoms with Crippen LogP contribution in [0.25, 0.3) is 0 Å². The van der Waals surface area contributed by atoms with E-state index in [-0.39, 0.29) is 6.29 Å². The lowest BCUT2D eigenvalue weighted by atomic mass is 9.85. The summed E-state index contributed by atoms with van der Waals surface area (Å²) in [5, 5.41) is 0. The second kappa shape index (κ2) is 4.56. The van der Waals surface area contributed by atoms with Gasteiger partial charge in [-0.15, -0.1) is 0 Å². The second-order valence-electron chi connectivity index (χ2n) is 4.83. The molecule has 2 heteroatoms. The molecular formula is C14H18O2. The average Bonchev–Trinajstić information content (AvgIpc) is 2.74. The summed E-state index contributed by atoms with van der Waals surface area (Å²) in [5.41, 5.74) is 1.42. The highest BCUT2D eigenvalue weighted by Gasteiger charge is 2.39. The van der Waals surface area contributed by atoms with Gasteiger partial charge < -0.3 is 9.47 Å². The third-order valence-corrected chi connectivity index (χ3v) is 3.73. The minimum atomic E-state index is 0.0856. The van der Waals surface area contributed by atoms with E-state index in [4.69, 9.17) is 9.47 Å². The normalized spacial score (nSPS) is 33.6. The topological polar surface area (TPSA) is 18.5 Å². The Morgan fingerprint density at radius 3 is 2.88 bits per heavy atom. The zero-order valence-electron chi connectivity index (χ0n) is 9.47. The maximum atomic E-state index is 5.72. The molecule has 3 atom stereocenters. The molecule has 1 aromatic carbocycles. The van der Waals surface area contributed by atoms with E-state index in [1.807, 2.05) is 0 Å². The van der Waals surface area contributed by atoms with E-state index in [0.29, 0.717) is 11.8 Å². The average molecular weight is 218 g/mol. The van der Waals surface area contributed by atoms with Crippen LogP contribution < -0.4 is 0 Å². The van der Waals surface area contributed by atoms with Crippen LogP contribution in [-0.2, 0) is 15.9 Å². The van der Waals surface area contributed by atoms with Crippen molar-refractivity contribution in [1.29, 1.82) is 0 Å². The number of ether oxygens (including phenoxy) is 2. The maximum Gasteiger partial charge on any atom is 0.160 e. The Hall–Kier alpha value is -0.860. The molecule has 0 aliphatic carbocycles. The molecular weight excluding hydrogens is 200 g/mol. The van der Waals surface area contributed by atoms with Gasteiger partial charge in [0.05, 0.1) is 6.61 Å². The van der Waals surface area contributed by atoms with Gasteiger partial charge in [0.15, 0.2) is 6.29 Å². The van der Waals surface area contributed by atoms with Crippen LogP contribution in [0.3, 0.4) is 0 Å². The molecule has 3 rings (SSSR count). The van der Waals surface area contributed by atoms with Gasteiger partial charge in [-0.05, 0) is 30.7 Å². The lowest BCUT2D eigenvalue weighted by Gasteiger charge is -2.27. The standard InChI is InChI=1S/C14H18O2/c1-2-5-11(6-3-1)9-12-10-16-14-13(12)7-4-8-15-14/h1-3,5-6,12-14H,4,7-10H2/t12-,13-,14+/m1/s1. The molecule has 2 aliphatic rings. The van der Waals surface area contributed by atoms with Crippen LogP contribution in [0.15, 0.2) is 30.3 Å². The minimum Gasteiger partial charge on any atom is -0.352 e. The largest absolute Gasteiger partial charge is 0.352 e. The monoisotopic (exact) mass is 218 g/mol. The first-order valence-electron chi connectivity index (χ1n) is 6.20. The van der Waals surface area contributed by atoms with Crippen LogP contribution in [0.1, 0.15) is 18.4 Å². The molecule has 86 valence electrons. The number of rotatable bonds is 2.